The summed E-state index contributed by atoms with van der Waals surface area (Å²) in [6, 6.07) is 1.37. The highest BCUT2D eigenvalue weighted by molar-refractivity contribution is 4.86. The van der Waals surface area contributed by atoms with Crippen molar-refractivity contribution in [3.05, 3.63) is 0 Å². The van der Waals surface area contributed by atoms with E-state index >= 15 is 0 Å². The van der Waals surface area contributed by atoms with Crippen LogP contribution in [0, 0.1) is 5.92 Å². The van der Waals surface area contributed by atoms with Crippen LogP contribution in [0.2, 0.25) is 0 Å². The molecule has 0 radical (unpaired) electrons. The Kier molecular flexibility index (Phi) is 7.48. The lowest BCUT2D eigenvalue weighted by Gasteiger charge is -2.41. The molecule has 124 valence electrons. The summed E-state index contributed by atoms with van der Waals surface area (Å²) in [6.45, 7) is 11.3. The Labute approximate surface area is 131 Å². The first kappa shape index (κ1) is 17.2. The Morgan fingerprint density at radius 2 is 1.95 bits per heavy atom. The van der Waals surface area contributed by atoms with E-state index in [9.17, 15) is 0 Å². The van der Waals surface area contributed by atoms with Crippen molar-refractivity contribution in [2.45, 2.75) is 83.9 Å². The molecule has 0 aromatic heterocycles. The van der Waals surface area contributed by atoms with Crippen molar-refractivity contribution >= 4 is 0 Å². The van der Waals surface area contributed by atoms with E-state index in [1.165, 1.54) is 51.5 Å². The van der Waals surface area contributed by atoms with Crippen molar-refractivity contribution in [2.75, 3.05) is 26.2 Å². The molecule has 2 unspecified atom stereocenters. The van der Waals surface area contributed by atoms with Crippen LogP contribution in [0.3, 0.4) is 0 Å². The predicted molar refractivity (Wildman–Crippen MR) is 89.7 cm³/mol. The third-order valence-electron chi connectivity index (χ3n) is 5.12. The molecular formula is C18H36N2O. The molecule has 1 aliphatic carbocycles. The second kappa shape index (κ2) is 9.12. The Hall–Kier alpha value is -0.120. The van der Waals surface area contributed by atoms with Crippen molar-refractivity contribution in [3.63, 3.8) is 0 Å². The molecule has 2 atom stereocenters. The standard InChI is InChI=1S/C18H36N2O/c1-4-17-13-19-16(12-15(2)3)14-20(17)10-11-21-18-8-6-5-7-9-18/h15-19H,4-14H2,1-3H3. The molecule has 1 heterocycles. The van der Waals surface area contributed by atoms with Crippen LogP contribution >= 0.6 is 0 Å². The summed E-state index contributed by atoms with van der Waals surface area (Å²) in [5, 5.41) is 3.74. The molecule has 2 rings (SSSR count). The van der Waals surface area contributed by atoms with Gasteiger partial charge in [0.2, 0.25) is 0 Å². The summed E-state index contributed by atoms with van der Waals surface area (Å²) in [6.07, 6.45) is 9.80. The number of nitrogens with zero attached hydrogens (tertiary/aromatic N) is 1. The van der Waals surface area contributed by atoms with Gasteiger partial charge < -0.3 is 10.1 Å². The van der Waals surface area contributed by atoms with Crippen LogP contribution in [-0.4, -0.2) is 49.3 Å². The van der Waals surface area contributed by atoms with Crippen LogP contribution in [0.4, 0.5) is 0 Å². The number of hydrogen-bond donors (Lipinski definition) is 1. The molecule has 1 aliphatic heterocycles. The summed E-state index contributed by atoms with van der Waals surface area (Å²) in [7, 11) is 0. The summed E-state index contributed by atoms with van der Waals surface area (Å²) in [5.41, 5.74) is 0. The van der Waals surface area contributed by atoms with Gasteiger partial charge in [-0.05, 0) is 31.6 Å². The van der Waals surface area contributed by atoms with E-state index < -0.39 is 0 Å². The molecule has 0 bridgehead atoms. The number of nitrogens with one attached hydrogen (secondary N) is 1. The highest BCUT2D eigenvalue weighted by atomic mass is 16.5. The van der Waals surface area contributed by atoms with Gasteiger partial charge in [-0.15, -0.1) is 0 Å². The van der Waals surface area contributed by atoms with E-state index in [1.807, 2.05) is 0 Å². The van der Waals surface area contributed by atoms with E-state index in [2.05, 4.69) is 31.0 Å². The van der Waals surface area contributed by atoms with Gasteiger partial charge in [0.15, 0.2) is 0 Å². The molecular weight excluding hydrogens is 260 g/mol. The third-order valence-corrected chi connectivity index (χ3v) is 5.12. The lowest BCUT2D eigenvalue weighted by molar-refractivity contribution is 0.00267. The van der Waals surface area contributed by atoms with E-state index in [0.29, 0.717) is 18.2 Å². The molecule has 2 fully saturated rings. The average molecular weight is 296 g/mol. The first-order valence-electron chi connectivity index (χ1n) is 9.28. The molecule has 1 saturated carbocycles. The van der Waals surface area contributed by atoms with Crippen LogP contribution < -0.4 is 5.32 Å². The number of hydrogen-bond acceptors (Lipinski definition) is 3. The van der Waals surface area contributed by atoms with Crippen molar-refractivity contribution < 1.29 is 4.74 Å². The summed E-state index contributed by atoms with van der Waals surface area (Å²) >= 11 is 0. The van der Waals surface area contributed by atoms with Gasteiger partial charge in [-0.3, -0.25) is 4.90 Å². The monoisotopic (exact) mass is 296 g/mol. The molecule has 0 aromatic rings. The average Bonchev–Trinajstić information content (AvgIpc) is 2.48. The van der Waals surface area contributed by atoms with Gasteiger partial charge in [0, 0.05) is 31.7 Å². The Bertz CT molecular complexity index is 276. The smallest absolute Gasteiger partial charge is 0.0597 e. The van der Waals surface area contributed by atoms with Gasteiger partial charge in [-0.25, -0.2) is 0 Å². The zero-order chi connectivity index (χ0) is 15.1. The molecule has 3 nitrogen and oxygen atoms in total. The van der Waals surface area contributed by atoms with Crippen molar-refractivity contribution in [3.8, 4) is 0 Å². The second-order valence-electron chi connectivity index (χ2n) is 7.42. The third kappa shape index (κ3) is 5.88. The van der Waals surface area contributed by atoms with E-state index in [4.69, 9.17) is 4.74 Å². The maximum Gasteiger partial charge on any atom is 0.0597 e. The van der Waals surface area contributed by atoms with Crippen molar-refractivity contribution in [1.29, 1.82) is 0 Å². The quantitative estimate of drug-likeness (QED) is 0.779. The van der Waals surface area contributed by atoms with Crippen molar-refractivity contribution in [2.24, 2.45) is 5.92 Å². The molecule has 0 spiro atoms. The zero-order valence-corrected chi connectivity index (χ0v) is 14.4. The van der Waals surface area contributed by atoms with Gasteiger partial charge in [-0.2, -0.15) is 0 Å². The van der Waals surface area contributed by atoms with Crippen molar-refractivity contribution in [1.82, 2.24) is 10.2 Å². The number of ether oxygens (including phenoxy) is 1. The summed E-state index contributed by atoms with van der Waals surface area (Å²) < 4.78 is 6.13. The minimum atomic E-state index is 0.549. The maximum absolute atomic E-state index is 6.13. The number of rotatable bonds is 7. The fraction of sp³-hybridized carbons (Fsp3) is 1.00. The van der Waals surface area contributed by atoms with E-state index in [-0.39, 0.29) is 0 Å². The SMILES string of the molecule is CCC1CNC(CC(C)C)CN1CCOC1CCCCC1. The molecule has 1 N–H and O–H groups in total. The second-order valence-corrected chi connectivity index (χ2v) is 7.42. The van der Waals surface area contributed by atoms with Gasteiger partial charge in [0.1, 0.15) is 0 Å². The molecule has 0 aromatic carbocycles. The minimum absolute atomic E-state index is 0.549. The Morgan fingerprint density at radius 1 is 1.19 bits per heavy atom. The summed E-state index contributed by atoms with van der Waals surface area (Å²) in [5.74, 6) is 0.779. The maximum atomic E-state index is 6.13. The zero-order valence-electron chi connectivity index (χ0n) is 14.4. The fourth-order valence-corrected chi connectivity index (χ4v) is 3.90. The lowest BCUT2D eigenvalue weighted by atomic mass is 9.98. The first-order valence-corrected chi connectivity index (χ1v) is 9.28. The Balaban J connectivity index is 1.72. The molecule has 1 saturated heterocycles. The van der Waals surface area contributed by atoms with Crippen LogP contribution in [0.5, 0.6) is 0 Å². The minimum Gasteiger partial charge on any atom is -0.377 e. The van der Waals surface area contributed by atoms with Crippen LogP contribution in [0.1, 0.15) is 65.7 Å². The molecule has 3 heteroatoms. The van der Waals surface area contributed by atoms with Gasteiger partial charge in [-0.1, -0.05) is 40.0 Å². The highest BCUT2D eigenvalue weighted by Crippen LogP contribution is 2.20. The van der Waals surface area contributed by atoms with E-state index in [0.717, 1.165) is 25.6 Å². The number of piperazine rings is 1. The normalized spacial score (nSPS) is 29.1. The fourth-order valence-electron chi connectivity index (χ4n) is 3.90. The van der Waals surface area contributed by atoms with Crippen LogP contribution in [0.25, 0.3) is 0 Å². The van der Waals surface area contributed by atoms with E-state index in [1.54, 1.807) is 0 Å². The molecule has 2 aliphatic rings. The van der Waals surface area contributed by atoms with Gasteiger partial charge >= 0.3 is 0 Å². The summed E-state index contributed by atoms with van der Waals surface area (Å²) in [4.78, 5) is 2.67. The first-order chi connectivity index (χ1) is 10.2. The van der Waals surface area contributed by atoms with Gasteiger partial charge in [0.25, 0.3) is 0 Å². The lowest BCUT2D eigenvalue weighted by Crippen LogP contribution is -2.57. The predicted octanol–water partition coefficient (Wildman–Crippen LogP) is 3.43. The van der Waals surface area contributed by atoms with Crippen LogP contribution in [-0.2, 0) is 4.74 Å². The molecule has 21 heavy (non-hydrogen) atoms. The van der Waals surface area contributed by atoms with Crippen LogP contribution in [0.15, 0.2) is 0 Å². The Morgan fingerprint density at radius 3 is 2.62 bits per heavy atom. The topological polar surface area (TPSA) is 24.5 Å². The highest BCUT2D eigenvalue weighted by Gasteiger charge is 2.27. The molecule has 0 amide bonds. The van der Waals surface area contributed by atoms with Gasteiger partial charge in [0.05, 0.1) is 12.7 Å². The largest absolute Gasteiger partial charge is 0.377 e.